The first-order valence-corrected chi connectivity index (χ1v) is 9.88. The number of benzene rings is 2. The Morgan fingerprint density at radius 3 is 1.19 bits per heavy atom. The van der Waals surface area contributed by atoms with Crippen molar-refractivity contribution in [3.8, 4) is 11.5 Å². The standard InChI is InChI=1S/C22H28N2O8/c1-11(23)17(25)13-3-7-15(8-4-13)31-21(29)19(27)20(28)22(30)32-16-9-5-14(6-10-16)18(26)12(2)24/h3-12,17-20,25-28H,23-24H2,1-2H3/t11?,12?,17-,18-,19?,20?/m1/s1. The molecule has 0 aliphatic heterocycles. The quantitative estimate of drug-likeness (QED) is 0.219. The molecule has 0 bridgehead atoms. The zero-order valence-electron chi connectivity index (χ0n) is 17.7. The summed E-state index contributed by atoms with van der Waals surface area (Å²) in [7, 11) is 0. The maximum absolute atomic E-state index is 12.1. The summed E-state index contributed by atoms with van der Waals surface area (Å²) in [4.78, 5) is 24.1. The highest BCUT2D eigenvalue weighted by molar-refractivity contribution is 5.87. The Hall–Kier alpha value is -2.86. The number of nitrogens with two attached hydrogens (primary N) is 2. The molecule has 6 atom stereocenters. The molecule has 0 radical (unpaired) electrons. The van der Waals surface area contributed by atoms with Crippen molar-refractivity contribution in [3.05, 3.63) is 59.7 Å². The molecule has 0 saturated heterocycles. The number of aliphatic hydroxyl groups excluding tert-OH is 4. The number of ether oxygens (including phenoxy) is 2. The number of hydrogen-bond acceptors (Lipinski definition) is 10. The van der Waals surface area contributed by atoms with Crippen LogP contribution in [0.5, 0.6) is 11.5 Å². The third kappa shape index (κ3) is 6.57. The molecule has 0 heterocycles. The van der Waals surface area contributed by atoms with Crippen LogP contribution < -0.4 is 20.9 Å². The fourth-order valence-corrected chi connectivity index (χ4v) is 2.68. The molecule has 2 aromatic carbocycles. The minimum atomic E-state index is -2.20. The summed E-state index contributed by atoms with van der Waals surface area (Å²) < 4.78 is 9.90. The van der Waals surface area contributed by atoms with Crippen LogP contribution in [0.15, 0.2) is 48.5 Å². The fourth-order valence-electron chi connectivity index (χ4n) is 2.68. The molecule has 174 valence electrons. The predicted octanol–water partition coefficient (Wildman–Crippen LogP) is -0.319. The molecule has 0 fully saturated rings. The zero-order chi connectivity index (χ0) is 24.0. The van der Waals surface area contributed by atoms with Crippen molar-refractivity contribution in [2.75, 3.05) is 0 Å². The summed E-state index contributed by atoms with van der Waals surface area (Å²) in [6.45, 7) is 3.27. The van der Waals surface area contributed by atoms with Crippen LogP contribution in [0.1, 0.15) is 37.2 Å². The maximum atomic E-state index is 12.1. The van der Waals surface area contributed by atoms with Crippen molar-refractivity contribution in [3.63, 3.8) is 0 Å². The van der Waals surface area contributed by atoms with E-state index < -0.39 is 48.4 Å². The Labute approximate surface area is 185 Å². The molecular weight excluding hydrogens is 420 g/mol. The van der Waals surface area contributed by atoms with Crippen LogP contribution in [-0.4, -0.2) is 56.7 Å². The average molecular weight is 448 g/mol. The van der Waals surface area contributed by atoms with Crippen molar-refractivity contribution >= 4 is 11.9 Å². The summed E-state index contributed by atoms with van der Waals surface area (Å²) in [5.41, 5.74) is 12.2. The lowest BCUT2D eigenvalue weighted by atomic mass is 10.0. The van der Waals surface area contributed by atoms with Crippen LogP contribution >= 0.6 is 0 Å². The molecule has 0 spiro atoms. The van der Waals surface area contributed by atoms with Gasteiger partial charge in [0.1, 0.15) is 11.5 Å². The van der Waals surface area contributed by atoms with Gasteiger partial charge in [-0.25, -0.2) is 9.59 Å². The van der Waals surface area contributed by atoms with E-state index in [1.165, 1.54) is 48.5 Å². The van der Waals surface area contributed by atoms with Gasteiger partial charge in [-0.15, -0.1) is 0 Å². The highest BCUT2D eigenvalue weighted by Crippen LogP contribution is 2.21. The smallest absolute Gasteiger partial charge is 0.343 e. The highest BCUT2D eigenvalue weighted by Gasteiger charge is 2.33. The lowest BCUT2D eigenvalue weighted by molar-refractivity contribution is -0.162. The van der Waals surface area contributed by atoms with E-state index in [2.05, 4.69) is 0 Å². The van der Waals surface area contributed by atoms with Crippen molar-refractivity contribution in [1.29, 1.82) is 0 Å². The van der Waals surface area contributed by atoms with Gasteiger partial charge in [-0.3, -0.25) is 0 Å². The van der Waals surface area contributed by atoms with Crippen LogP contribution in [0.25, 0.3) is 0 Å². The minimum Gasteiger partial charge on any atom is -0.425 e. The third-order valence-corrected chi connectivity index (χ3v) is 4.66. The van der Waals surface area contributed by atoms with Gasteiger partial charge < -0.3 is 41.4 Å². The van der Waals surface area contributed by atoms with E-state index in [4.69, 9.17) is 20.9 Å². The van der Waals surface area contributed by atoms with E-state index in [0.717, 1.165) is 0 Å². The van der Waals surface area contributed by atoms with Crippen LogP contribution in [0, 0.1) is 0 Å². The van der Waals surface area contributed by atoms with E-state index in [9.17, 15) is 30.0 Å². The lowest BCUT2D eigenvalue weighted by Gasteiger charge is -2.17. The molecule has 0 aliphatic rings. The van der Waals surface area contributed by atoms with Gasteiger partial charge in [-0.2, -0.15) is 0 Å². The second-order valence-corrected chi connectivity index (χ2v) is 7.48. The van der Waals surface area contributed by atoms with E-state index in [-0.39, 0.29) is 11.5 Å². The van der Waals surface area contributed by atoms with Crippen molar-refractivity contribution in [1.82, 2.24) is 0 Å². The summed E-state index contributed by atoms with van der Waals surface area (Å²) >= 11 is 0. The topological polar surface area (TPSA) is 186 Å². The third-order valence-electron chi connectivity index (χ3n) is 4.66. The van der Waals surface area contributed by atoms with Gasteiger partial charge in [0, 0.05) is 12.1 Å². The summed E-state index contributed by atoms with van der Waals surface area (Å²) in [6, 6.07) is 10.4. The molecule has 4 unspecified atom stereocenters. The van der Waals surface area contributed by atoms with Gasteiger partial charge in [0.15, 0.2) is 12.2 Å². The second kappa shape index (κ2) is 11.1. The predicted molar refractivity (Wildman–Crippen MR) is 113 cm³/mol. The number of hydrogen-bond donors (Lipinski definition) is 6. The van der Waals surface area contributed by atoms with E-state index >= 15 is 0 Å². The first kappa shape index (κ1) is 25.4. The maximum Gasteiger partial charge on any atom is 0.343 e. The SMILES string of the molecule is CC(N)[C@@H](O)c1ccc(OC(=O)C(O)C(O)C(=O)Oc2ccc([C@H](O)C(C)N)cc2)cc1. The Morgan fingerprint density at radius 2 is 0.938 bits per heavy atom. The van der Waals surface area contributed by atoms with Crippen molar-refractivity contribution in [2.45, 2.75) is 50.3 Å². The van der Waals surface area contributed by atoms with Gasteiger partial charge in [-0.1, -0.05) is 24.3 Å². The van der Waals surface area contributed by atoms with Crippen molar-refractivity contribution in [2.24, 2.45) is 11.5 Å². The van der Waals surface area contributed by atoms with E-state index in [1.807, 2.05) is 0 Å². The molecule has 32 heavy (non-hydrogen) atoms. The zero-order valence-corrected chi connectivity index (χ0v) is 17.7. The average Bonchev–Trinajstić information content (AvgIpc) is 2.77. The molecule has 8 N–H and O–H groups in total. The van der Waals surface area contributed by atoms with Crippen LogP contribution in [0.2, 0.25) is 0 Å². The number of aliphatic hydroxyl groups is 4. The Kier molecular flexibility index (Phi) is 8.84. The molecule has 0 aromatic heterocycles. The Morgan fingerprint density at radius 1 is 0.656 bits per heavy atom. The van der Waals surface area contributed by atoms with Gasteiger partial charge in [-0.05, 0) is 49.2 Å². The number of rotatable bonds is 9. The Balaban J connectivity index is 1.95. The van der Waals surface area contributed by atoms with Crippen LogP contribution in [0.3, 0.4) is 0 Å². The van der Waals surface area contributed by atoms with Crippen LogP contribution in [0.4, 0.5) is 0 Å². The number of carbonyl (C=O) groups excluding carboxylic acids is 2. The van der Waals surface area contributed by atoms with Gasteiger partial charge in [0.05, 0.1) is 12.2 Å². The van der Waals surface area contributed by atoms with Gasteiger partial charge in [0.25, 0.3) is 0 Å². The van der Waals surface area contributed by atoms with Gasteiger partial charge >= 0.3 is 11.9 Å². The molecule has 2 rings (SSSR count). The van der Waals surface area contributed by atoms with E-state index in [1.54, 1.807) is 13.8 Å². The first-order valence-electron chi connectivity index (χ1n) is 9.88. The monoisotopic (exact) mass is 448 g/mol. The Bertz CT molecular complexity index is 824. The summed E-state index contributed by atoms with van der Waals surface area (Å²) in [5.74, 6) is -2.49. The van der Waals surface area contributed by atoms with E-state index in [0.29, 0.717) is 11.1 Å². The molecular formula is C22H28N2O8. The molecule has 0 aliphatic carbocycles. The lowest BCUT2D eigenvalue weighted by Crippen LogP contribution is -2.43. The largest absolute Gasteiger partial charge is 0.425 e. The first-order chi connectivity index (χ1) is 15.0. The number of carbonyl (C=O) groups is 2. The second-order valence-electron chi connectivity index (χ2n) is 7.48. The highest BCUT2D eigenvalue weighted by atomic mass is 16.6. The minimum absolute atomic E-state index is 0.0264. The van der Waals surface area contributed by atoms with Crippen LogP contribution in [-0.2, 0) is 9.59 Å². The molecule has 10 heteroatoms. The summed E-state index contributed by atoms with van der Waals surface area (Å²) in [6.07, 6.45) is -6.21. The molecule has 10 nitrogen and oxygen atoms in total. The summed E-state index contributed by atoms with van der Waals surface area (Å²) in [5, 5.41) is 39.7. The normalized spacial score (nSPS) is 16.9. The molecule has 0 saturated carbocycles. The van der Waals surface area contributed by atoms with Crippen molar-refractivity contribution < 1.29 is 39.5 Å². The van der Waals surface area contributed by atoms with Gasteiger partial charge in [0.2, 0.25) is 0 Å². The number of esters is 2. The molecule has 2 aromatic rings. The molecule has 0 amide bonds. The fraction of sp³-hybridized carbons (Fsp3) is 0.364.